The van der Waals surface area contributed by atoms with E-state index in [2.05, 4.69) is 46.4 Å². The molecule has 0 aliphatic heterocycles. The van der Waals surface area contributed by atoms with Gasteiger partial charge in [0.2, 0.25) is 0 Å². The molecule has 1 unspecified atom stereocenters. The van der Waals surface area contributed by atoms with Crippen LogP contribution < -0.4 is 0 Å². The fourth-order valence-electron chi connectivity index (χ4n) is 2.74. The van der Waals surface area contributed by atoms with Crippen molar-refractivity contribution in [2.24, 2.45) is 5.41 Å². The monoisotopic (exact) mass is 286 g/mol. The van der Waals surface area contributed by atoms with Gasteiger partial charge in [0.1, 0.15) is 0 Å². The van der Waals surface area contributed by atoms with E-state index in [9.17, 15) is 5.11 Å². The SMILES string of the molecule is C=CC(C)(O)C=CC=C(C)C=CC1=C(C)CCCC1(C)C. The zero-order valence-corrected chi connectivity index (χ0v) is 14.2. The average molecular weight is 286 g/mol. The molecule has 1 N–H and O–H groups in total. The zero-order valence-electron chi connectivity index (χ0n) is 14.2. The van der Waals surface area contributed by atoms with Crippen LogP contribution in [0.4, 0.5) is 0 Å². The Hall–Kier alpha value is -1.34. The van der Waals surface area contributed by atoms with Crippen molar-refractivity contribution in [3.63, 3.8) is 0 Å². The molecular formula is C20H30O. The molecule has 0 radical (unpaired) electrons. The second kappa shape index (κ2) is 7.09. The zero-order chi connectivity index (χ0) is 16.1. The summed E-state index contributed by atoms with van der Waals surface area (Å²) in [6.07, 6.45) is 15.4. The van der Waals surface area contributed by atoms with Gasteiger partial charge in [0.05, 0.1) is 5.60 Å². The molecule has 1 aliphatic carbocycles. The minimum Gasteiger partial charge on any atom is -0.382 e. The van der Waals surface area contributed by atoms with Gasteiger partial charge in [-0.15, -0.1) is 0 Å². The van der Waals surface area contributed by atoms with Gasteiger partial charge in [0, 0.05) is 0 Å². The molecule has 0 saturated heterocycles. The number of allylic oxidation sites excluding steroid dienone is 7. The first-order valence-corrected chi connectivity index (χ1v) is 7.78. The average Bonchev–Trinajstić information content (AvgIpc) is 2.37. The number of rotatable bonds is 5. The van der Waals surface area contributed by atoms with Crippen LogP contribution in [-0.4, -0.2) is 10.7 Å². The Labute approximate surface area is 130 Å². The van der Waals surface area contributed by atoms with Crippen LogP contribution in [0.3, 0.4) is 0 Å². The molecule has 0 aromatic rings. The van der Waals surface area contributed by atoms with E-state index in [1.54, 1.807) is 13.0 Å². The molecule has 0 amide bonds. The molecular weight excluding hydrogens is 256 g/mol. The summed E-state index contributed by atoms with van der Waals surface area (Å²) in [6, 6.07) is 0. The summed E-state index contributed by atoms with van der Waals surface area (Å²) in [7, 11) is 0. The van der Waals surface area contributed by atoms with Crippen LogP contribution in [0.1, 0.15) is 53.9 Å². The molecule has 0 spiro atoms. The summed E-state index contributed by atoms with van der Waals surface area (Å²) in [6.45, 7) is 14.3. The third-order valence-electron chi connectivity index (χ3n) is 4.26. The lowest BCUT2D eigenvalue weighted by molar-refractivity contribution is 0.164. The van der Waals surface area contributed by atoms with Crippen molar-refractivity contribution in [3.8, 4) is 0 Å². The van der Waals surface area contributed by atoms with E-state index < -0.39 is 5.60 Å². The predicted octanol–water partition coefficient (Wildman–Crippen LogP) is 5.51. The van der Waals surface area contributed by atoms with Crippen molar-refractivity contribution in [1.29, 1.82) is 0 Å². The first-order valence-electron chi connectivity index (χ1n) is 7.78. The second-order valence-electron chi connectivity index (χ2n) is 6.96. The lowest BCUT2D eigenvalue weighted by Gasteiger charge is -2.32. The number of hydrogen-bond donors (Lipinski definition) is 1. The van der Waals surface area contributed by atoms with Gasteiger partial charge in [-0.1, -0.05) is 62.0 Å². The van der Waals surface area contributed by atoms with Crippen LogP contribution in [-0.2, 0) is 0 Å². The molecule has 1 heteroatoms. The van der Waals surface area contributed by atoms with E-state index in [0.29, 0.717) is 0 Å². The van der Waals surface area contributed by atoms with E-state index in [1.807, 2.05) is 12.2 Å². The Kier molecular flexibility index (Phi) is 5.98. The lowest BCUT2D eigenvalue weighted by atomic mass is 9.72. The molecule has 1 aliphatic rings. The van der Waals surface area contributed by atoms with Gasteiger partial charge in [-0.05, 0) is 57.1 Å². The van der Waals surface area contributed by atoms with Crippen LogP contribution in [0.2, 0.25) is 0 Å². The maximum atomic E-state index is 9.81. The van der Waals surface area contributed by atoms with E-state index in [0.717, 1.165) is 0 Å². The summed E-state index contributed by atoms with van der Waals surface area (Å²) < 4.78 is 0. The van der Waals surface area contributed by atoms with E-state index >= 15 is 0 Å². The summed E-state index contributed by atoms with van der Waals surface area (Å²) in [4.78, 5) is 0. The molecule has 1 nitrogen and oxygen atoms in total. The van der Waals surface area contributed by atoms with Crippen molar-refractivity contribution in [2.45, 2.75) is 59.5 Å². The minimum atomic E-state index is -0.940. The number of hydrogen-bond acceptors (Lipinski definition) is 1. The Morgan fingerprint density at radius 2 is 2.05 bits per heavy atom. The molecule has 1 rings (SSSR count). The minimum absolute atomic E-state index is 0.279. The largest absolute Gasteiger partial charge is 0.382 e. The molecule has 0 bridgehead atoms. The highest BCUT2D eigenvalue weighted by molar-refractivity contribution is 5.36. The molecule has 0 aromatic carbocycles. The van der Waals surface area contributed by atoms with Crippen LogP contribution in [0.25, 0.3) is 0 Å². The highest BCUT2D eigenvalue weighted by Crippen LogP contribution is 2.40. The highest BCUT2D eigenvalue weighted by Gasteiger charge is 2.26. The summed E-state index contributed by atoms with van der Waals surface area (Å²) in [5.74, 6) is 0. The summed E-state index contributed by atoms with van der Waals surface area (Å²) >= 11 is 0. The van der Waals surface area contributed by atoms with Crippen molar-refractivity contribution >= 4 is 0 Å². The quantitative estimate of drug-likeness (QED) is 0.522. The standard InChI is InChI=1S/C20H30O/c1-7-20(6,21)15-8-10-16(2)12-13-18-17(3)11-9-14-19(18,4)5/h7-8,10,12-13,15,21H,1,9,11,14H2,2-6H3. The van der Waals surface area contributed by atoms with Gasteiger partial charge < -0.3 is 5.11 Å². The molecule has 0 heterocycles. The molecule has 116 valence electrons. The third-order valence-corrected chi connectivity index (χ3v) is 4.26. The normalized spacial score (nSPS) is 22.9. The first-order chi connectivity index (χ1) is 9.68. The van der Waals surface area contributed by atoms with Crippen LogP contribution in [0.15, 0.2) is 59.8 Å². The fourth-order valence-corrected chi connectivity index (χ4v) is 2.74. The molecule has 21 heavy (non-hydrogen) atoms. The first kappa shape index (κ1) is 17.7. The van der Waals surface area contributed by atoms with Crippen LogP contribution >= 0.6 is 0 Å². The van der Waals surface area contributed by atoms with Gasteiger partial charge in [-0.2, -0.15) is 0 Å². The van der Waals surface area contributed by atoms with Crippen molar-refractivity contribution in [3.05, 3.63) is 59.8 Å². The summed E-state index contributed by atoms with van der Waals surface area (Å²) in [5.41, 5.74) is 3.50. The predicted molar refractivity (Wildman–Crippen MR) is 93.2 cm³/mol. The Morgan fingerprint density at radius 1 is 1.38 bits per heavy atom. The molecule has 1 atom stereocenters. The van der Waals surface area contributed by atoms with E-state index in [4.69, 9.17) is 0 Å². The third kappa shape index (κ3) is 5.51. The molecule has 0 saturated carbocycles. The molecule has 0 fully saturated rings. The number of aliphatic hydroxyl groups is 1. The van der Waals surface area contributed by atoms with Crippen molar-refractivity contribution < 1.29 is 5.11 Å². The van der Waals surface area contributed by atoms with E-state index in [-0.39, 0.29) is 5.41 Å². The van der Waals surface area contributed by atoms with Crippen molar-refractivity contribution in [1.82, 2.24) is 0 Å². The lowest BCUT2D eigenvalue weighted by Crippen LogP contribution is -2.19. The maximum Gasteiger partial charge on any atom is 0.0980 e. The van der Waals surface area contributed by atoms with Gasteiger partial charge in [-0.3, -0.25) is 0 Å². The highest BCUT2D eigenvalue weighted by atomic mass is 16.3. The van der Waals surface area contributed by atoms with Crippen LogP contribution in [0, 0.1) is 5.41 Å². The van der Waals surface area contributed by atoms with E-state index in [1.165, 1.54) is 42.1 Å². The van der Waals surface area contributed by atoms with Gasteiger partial charge in [0.25, 0.3) is 0 Å². The smallest absolute Gasteiger partial charge is 0.0980 e. The maximum absolute atomic E-state index is 9.81. The Bertz CT molecular complexity index is 496. The Balaban J connectivity index is 2.82. The van der Waals surface area contributed by atoms with Gasteiger partial charge >= 0.3 is 0 Å². The van der Waals surface area contributed by atoms with Gasteiger partial charge in [0.15, 0.2) is 0 Å². The van der Waals surface area contributed by atoms with Crippen molar-refractivity contribution in [2.75, 3.05) is 0 Å². The fraction of sp³-hybridized carbons (Fsp3) is 0.500. The Morgan fingerprint density at radius 3 is 2.62 bits per heavy atom. The summed E-state index contributed by atoms with van der Waals surface area (Å²) in [5, 5.41) is 9.81. The van der Waals surface area contributed by atoms with Gasteiger partial charge in [-0.25, -0.2) is 0 Å². The van der Waals surface area contributed by atoms with Crippen LogP contribution in [0.5, 0.6) is 0 Å². The topological polar surface area (TPSA) is 20.2 Å². The second-order valence-corrected chi connectivity index (χ2v) is 6.96. The molecule has 0 aromatic heterocycles.